The van der Waals surface area contributed by atoms with Crippen LogP contribution in [0, 0.1) is 11.3 Å². The van der Waals surface area contributed by atoms with E-state index >= 15 is 0 Å². The van der Waals surface area contributed by atoms with Gasteiger partial charge in [-0.05, 0) is 23.6 Å². The molecule has 0 radical (unpaired) electrons. The third-order valence-electron chi connectivity index (χ3n) is 2.76. The van der Waals surface area contributed by atoms with Gasteiger partial charge in [-0.1, -0.05) is 45.1 Å². The molecule has 2 atom stereocenters. The van der Waals surface area contributed by atoms with Crippen LogP contribution >= 0.6 is 0 Å². The number of nitrogens with one attached hydrogen (secondary N) is 1. The van der Waals surface area contributed by atoms with E-state index in [0.29, 0.717) is 17.4 Å². The van der Waals surface area contributed by atoms with E-state index < -0.39 is 0 Å². The molecule has 1 N–H and O–H groups in total. The van der Waals surface area contributed by atoms with Crippen LogP contribution in [0.2, 0.25) is 0 Å². The molecule has 0 spiro atoms. The van der Waals surface area contributed by atoms with E-state index in [0.717, 1.165) is 0 Å². The molecule has 1 heterocycles. The fourth-order valence-corrected chi connectivity index (χ4v) is 2.20. The number of hydrogen-bond donors (Lipinski definition) is 1. The van der Waals surface area contributed by atoms with E-state index in [1.807, 2.05) is 0 Å². The summed E-state index contributed by atoms with van der Waals surface area (Å²) < 4.78 is 0. The van der Waals surface area contributed by atoms with Crippen LogP contribution in [0.4, 0.5) is 0 Å². The second kappa shape index (κ2) is 3.30. The highest BCUT2D eigenvalue weighted by Gasteiger charge is 2.28. The van der Waals surface area contributed by atoms with Crippen molar-refractivity contribution in [2.45, 2.75) is 33.2 Å². The lowest BCUT2D eigenvalue weighted by Gasteiger charge is -2.24. The van der Waals surface area contributed by atoms with Crippen molar-refractivity contribution < 1.29 is 0 Å². The van der Waals surface area contributed by atoms with Gasteiger partial charge in [0.25, 0.3) is 0 Å². The smallest absolute Gasteiger partial charge is 0.0542 e. The molecule has 2 aliphatic rings. The molecule has 1 nitrogen and oxygen atoms in total. The first kappa shape index (κ1) is 9.57. The Hall–Kier alpha value is -0.980. The molecular weight excluding hydrogens is 170 g/mol. The van der Waals surface area contributed by atoms with Gasteiger partial charge in [0.15, 0.2) is 0 Å². The minimum Gasteiger partial charge on any atom is -0.384 e. The van der Waals surface area contributed by atoms with Crippen molar-refractivity contribution in [1.29, 1.82) is 0 Å². The third kappa shape index (κ3) is 1.92. The number of rotatable bonds is 1. The van der Waals surface area contributed by atoms with Crippen LogP contribution in [0.15, 0.2) is 36.1 Å². The van der Waals surface area contributed by atoms with Gasteiger partial charge in [-0.3, -0.25) is 0 Å². The zero-order valence-electron chi connectivity index (χ0n) is 9.25. The Morgan fingerprint density at radius 2 is 1.93 bits per heavy atom. The molecule has 1 heteroatoms. The number of fused-ring (bicyclic) bond motifs is 1. The van der Waals surface area contributed by atoms with Crippen molar-refractivity contribution in [3.63, 3.8) is 0 Å². The Balaban J connectivity index is 2.08. The largest absolute Gasteiger partial charge is 0.384 e. The summed E-state index contributed by atoms with van der Waals surface area (Å²) in [4.78, 5) is 0. The van der Waals surface area contributed by atoms with Crippen molar-refractivity contribution in [2.24, 2.45) is 11.3 Å². The van der Waals surface area contributed by atoms with Crippen molar-refractivity contribution >= 4 is 0 Å². The van der Waals surface area contributed by atoms with E-state index in [2.05, 4.69) is 56.6 Å². The van der Waals surface area contributed by atoms with Gasteiger partial charge in [0, 0.05) is 5.92 Å². The first-order valence-electron chi connectivity index (χ1n) is 5.36. The van der Waals surface area contributed by atoms with Crippen LogP contribution in [0.1, 0.15) is 27.2 Å². The van der Waals surface area contributed by atoms with Crippen molar-refractivity contribution in [3.8, 4) is 0 Å². The first-order chi connectivity index (χ1) is 6.56. The minimum atomic E-state index is 0.386. The van der Waals surface area contributed by atoms with Gasteiger partial charge in [0.1, 0.15) is 0 Å². The molecule has 0 aromatic rings. The summed E-state index contributed by atoms with van der Waals surface area (Å²) in [6, 6.07) is 0.511. The Kier molecular flexibility index (Phi) is 2.26. The van der Waals surface area contributed by atoms with Crippen molar-refractivity contribution in [1.82, 2.24) is 5.32 Å². The summed E-state index contributed by atoms with van der Waals surface area (Å²) in [5.74, 6) is 0.597. The van der Waals surface area contributed by atoms with Crippen LogP contribution in [-0.4, -0.2) is 6.04 Å². The molecule has 0 aromatic heterocycles. The maximum absolute atomic E-state index is 3.43. The Labute approximate surface area is 86.6 Å². The standard InChI is InChI=1S/C13H19N/c1-13(2,3)8-10-9-14-12-7-5-4-6-11(10)12/h4-7,9,11-12,14H,8H2,1-3H3. The van der Waals surface area contributed by atoms with Crippen LogP contribution in [0.5, 0.6) is 0 Å². The molecule has 14 heavy (non-hydrogen) atoms. The topological polar surface area (TPSA) is 12.0 Å². The van der Waals surface area contributed by atoms with Gasteiger partial charge in [0.2, 0.25) is 0 Å². The molecule has 1 aliphatic carbocycles. The normalized spacial score (nSPS) is 29.8. The summed E-state index contributed by atoms with van der Waals surface area (Å²) in [5.41, 5.74) is 1.93. The average Bonchev–Trinajstić information content (AvgIpc) is 2.47. The Morgan fingerprint density at radius 1 is 1.21 bits per heavy atom. The fraction of sp³-hybridized carbons (Fsp3) is 0.538. The summed E-state index contributed by atoms with van der Waals surface area (Å²) >= 11 is 0. The Morgan fingerprint density at radius 3 is 2.64 bits per heavy atom. The summed E-state index contributed by atoms with van der Waals surface area (Å²) in [6.45, 7) is 6.89. The van der Waals surface area contributed by atoms with Gasteiger partial charge in [-0.25, -0.2) is 0 Å². The summed E-state index contributed by atoms with van der Waals surface area (Å²) in [5, 5.41) is 3.43. The van der Waals surface area contributed by atoms with Crippen LogP contribution in [0.25, 0.3) is 0 Å². The molecular formula is C13H19N. The second-order valence-corrected chi connectivity index (χ2v) is 5.44. The van der Waals surface area contributed by atoms with E-state index in [4.69, 9.17) is 0 Å². The maximum Gasteiger partial charge on any atom is 0.0542 e. The SMILES string of the molecule is CC(C)(C)CC1=CNC2C=CC=CC12. The molecule has 2 unspecified atom stereocenters. The van der Waals surface area contributed by atoms with Gasteiger partial charge < -0.3 is 5.32 Å². The molecule has 1 aliphatic heterocycles. The van der Waals surface area contributed by atoms with Gasteiger partial charge in [-0.2, -0.15) is 0 Å². The lowest BCUT2D eigenvalue weighted by atomic mass is 9.81. The van der Waals surface area contributed by atoms with Crippen LogP contribution in [-0.2, 0) is 0 Å². The highest BCUT2D eigenvalue weighted by atomic mass is 14.9. The molecule has 0 amide bonds. The monoisotopic (exact) mass is 189 g/mol. The Bertz CT molecular complexity index is 302. The predicted octanol–water partition coefficient (Wildman–Crippen LogP) is 3.02. The quantitative estimate of drug-likeness (QED) is 0.668. The molecule has 2 rings (SSSR count). The van der Waals surface area contributed by atoms with Crippen LogP contribution < -0.4 is 5.32 Å². The fourth-order valence-electron chi connectivity index (χ4n) is 2.20. The van der Waals surface area contributed by atoms with Crippen LogP contribution in [0.3, 0.4) is 0 Å². The predicted molar refractivity (Wildman–Crippen MR) is 60.8 cm³/mol. The lowest BCUT2D eigenvalue weighted by molar-refractivity contribution is 0.396. The molecule has 0 saturated carbocycles. The minimum absolute atomic E-state index is 0.386. The lowest BCUT2D eigenvalue weighted by Crippen LogP contribution is -2.25. The molecule has 0 saturated heterocycles. The van der Waals surface area contributed by atoms with E-state index in [-0.39, 0.29) is 0 Å². The molecule has 0 aromatic carbocycles. The third-order valence-corrected chi connectivity index (χ3v) is 2.76. The van der Waals surface area contributed by atoms with E-state index in [9.17, 15) is 0 Å². The highest BCUT2D eigenvalue weighted by Crippen LogP contribution is 2.34. The van der Waals surface area contributed by atoms with Gasteiger partial charge >= 0.3 is 0 Å². The number of allylic oxidation sites excluding steroid dienone is 2. The maximum atomic E-state index is 3.43. The van der Waals surface area contributed by atoms with Gasteiger partial charge in [-0.15, -0.1) is 0 Å². The van der Waals surface area contributed by atoms with Crippen molar-refractivity contribution in [2.75, 3.05) is 0 Å². The van der Waals surface area contributed by atoms with Gasteiger partial charge in [0.05, 0.1) is 6.04 Å². The van der Waals surface area contributed by atoms with E-state index in [1.165, 1.54) is 6.42 Å². The van der Waals surface area contributed by atoms with Crippen molar-refractivity contribution in [3.05, 3.63) is 36.1 Å². The summed E-state index contributed by atoms with van der Waals surface area (Å²) in [7, 11) is 0. The second-order valence-electron chi connectivity index (χ2n) is 5.44. The zero-order chi connectivity index (χ0) is 10.2. The highest BCUT2D eigenvalue weighted by molar-refractivity contribution is 5.31. The zero-order valence-corrected chi connectivity index (χ0v) is 9.25. The first-order valence-corrected chi connectivity index (χ1v) is 5.36. The molecule has 76 valence electrons. The molecule has 0 bridgehead atoms. The van der Waals surface area contributed by atoms with E-state index in [1.54, 1.807) is 5.57 Å². The molecule has 0 fully saturated rings. The average molecular weight is 189 g/mol. The number of hydrogen-bond acceptors (Lipinski definition) is 1. The summed E-state index contributed by atoms with van der Waals surface area (Å²) in [6.07, 6.45) is 12.2.